The molecule has 1 aromatic heterocycles. The number of anilines is 3. The topological polar surface area (TPSA) is 8.17 Å². The van der Waals surface area contributed by atoms with Crippen molar-refractivity contribution in [2.24, 2.45) is 0 Å². The second kappa shape index (κ2) is 17.4. The maximum atomic E-state index is 2.40. The van der Waals surface area contributed by atoms with E-state index < -0.39 is 0 Å². The maximum absolute atomic E-state index is 2.40. The Labute approximate surface area is 408 Å². The summed E-state index contributed by atoms with van der Waals surface area (Å²) >= 11 is 0. The molecule has 0 amide bonds. The van der Waals surface area contributed by atoms with E-state index in [0.29, 0.717) is 0 Å². The van der Waals surface area contributed by atoms with E-state index in [4.69, 9.17) is 0 Å². The number of aromatic nitrogens is 1. The summed E-state index contributed by atoms with van der Waals surface area (Å²) in [6.07, 6.45) is 0. The molecular weight excluding hydrogens is 845 g/mol. The van der Waals surface area contributed by atoms with Crippen LogP contribution >= 0.6 is 0 Å². The van der Waals surface area contributed by atoms with Crippen LogP contribution < -0.4 is 4.90 Å². The lowest BCUT2D eigenvalue weighted by Crippen LogP contribution is -2.10. The van der Waals surface area contributed by atoms with Crippen molar-refractivity contribution >= 4 is 60.4 Å². The third kappa shape index (κ3) is 7.13. The minimum absolute atomic E-state index is 1.08. The van der Waals surface area contributed by atoms with Crippen molar-refractivity contribution in [3.8, 4) is 61.3 Å². The molecule has 70 heavy (non-hydrogen) atoms. The summed E-state index contributed by atoms with van der Waals surface area (Å²) in [6, 6.07) is 102. The van der Waals surface area contributed by atoms with Gasteiger partial charge in [0.25, 0.3) is 0 Å². The average Bonchev–Trinajstić information content (AvgIpc) is 3.79. The Morgan fingerprint density at radius 1 is 0.243 bits per heavy atom. The van der Waals surface area contributed by atoms with Crippen LogP contribution in [0.5, 0.6) is 0 Å². The summed E-state index contributed by atoms with van der Waals surface area (Å²) in [7, 11) is 0. The SMILES string of the molecule is c1ccc(-c2ccc(-c3ccc(N(c4ccc(-c5c(-c6ccccc6)c6ccccc6c6ccccc56)cc4)c4cccc(-c5cccc6c5c5ccccc5n6-c5ccccc5)c4)cc3)cc2)cc1. The zero-order valence-corrected chi connectivity index (χ0v) is 38.5. The minimum atomic E-state index is 1.08. The van der Waals surface area contributed by atoms with Gasteiger partial charge >= 0.3 is 0 Å². The molecule has 0 saturated carbocycles. The molecule has 13 aromatic rings. The quantitative estimate of drug-likeness (QED) is 0.131. The summed E-state index contributed by atoms with van der Waals surface area (Å²) in [4.78, 5) is 2.40. The van der Waals surface area contributed by atoms with Gasteiger partial charge in [-0.15, -0.1) is 0 Å². The lowest BCUT2D eigenvalue weighted by molar-refractivity contribution is 1.18. The van der Waals surface area contributed by atoms with E-state index in [1.165, 1.54) is 93.4 Å². The molecule has 12 aromatic carbocycles. The number of benzene rings is 12. The normalized spacial score (nSPS) is 11.4. The van der Waals surface area contributed by atoms with Crippen LogP contribution in [0.15, 0.2) is 279 Å². The maximum Gasteiger partial charge on any atom is 0.0547 e. The zero-order chi connectivity index (χ0) is 46.4. The van der Waals surface area contributed by atoms with E-state index in [2.05, 4.69) is 289 Å². The van der Waals surface area contributed by atoms with Crippen molar-refractivity contribution in [2.75, 3.05) is 4.90 Å². The number of para-hydroxylation sites is 2. The molecule has 2 heteroatoms. The van der Waals surface area contributed by atoms with Gasteiger partial charge in [0.2, 0.25) is 0 Å². The Bertz CT molecular complexity index is 4000. The summed E-state index contributed by atoms with van der Waals surface area (Å²) in [5.74, 6) is 0. The number of nitrogens with zero attached hydrogens (tertiary/aromatic N) is 2. The van der Waals surface area contributed by atoms with Gasteiger partial charge in [0, 0.05) is 33.5 Å². The van der Waals surface area contributed by atoms with Gasteiger partial charge in [0.15, 0.2) is 0 Å². The predicted octanol–water partition coefficient (Wildman–Crippen LogP) is 18.9. The van der Waals surface area contributed by atoms with E-state index in [9.17, 15) is 0 Å². The molecule has 0 radical (unpaired) electrons. The Kier molecular flexibility index (Phi) is 10.2. The molecule has 0 unspecified atom stereocenters. The van der Waals surface area contributed by atoms with E-state index in [-0.39, 0.29) is 0 Å². The molecule has 0 aliphatic heterocycles. The molecule has 0 atom stereocenters. The summed E-state index contributed by atoms with van der Waals surface area (Å²) in [5.41, 5.74) is 18.8. The fourth-order valence-electron chi connectivity index (χ4n) is 10.8. The van der Waals surface area contributed by atoms with Crippen molar-refractivity contribution in [2.45, 2.75) is 0 Å². The third-order valence-electron chi connectivity index (χ3n) is 14.0. The summed E-state index contributed by atoms with van der Waals surface area (Å²) < 4.78 is 2.39. The molecule has 0 aliphatic rings. The monoisotopic (exact) mass is 890 g/mol. The first kappa shape index (κ1) is 41.0. The average molecular weight is 891 g/mol. The highest BCUT2D eigenvalue weighted by Gasteiger charge is 2.21. The Balaban J connectivity index is 0.961. The highest BCUT2D eigenvalue weighted by molar-refractivity contribution is 6.21. The van der Waals surface area contributed by atoms with Gasteiger partial charge in [-0.2, -0.15) is 0 Å². The fourth-order valence-corrected chi connectivity index (χ4v) is 10.8. The van der Waals surface area contributed by atoms with Crippen molar-refractivity contribution in [1.29, 1.82) is 0 Å². The Hall–Kier alpha value is -9.24. The summed E-state index contributed by atoms with van der Waals surface area (Å²) in [6.45, 7) is 0. The number of fused-ring (bicyclic) bond motifs is 6. The van der Waals surface area contributed by atoms with Gasteiger partial charge in [-0.25, -0.2) is 0 Å². The Morgan fingerprint density at radius 2 is 0.643 bits per heavy atom. The largest absolute Gasteiger partial charge is 0.310 e. The first-order chi connectivity index (χ1) is 34.7. The van der Waals surface area contributed by atoms with Crippen LogP contribution in [0.3, 0.4) is 0 Å². The van der Waals surface area contributed by atoms with Gasteiger partial charge < -0.3 is 9.47 Å². The Morgan fingerprint density at radius 3 is 1.23 bits per heavy atom. The summed E-state index contributed by atoms with van der Waals surface area (Å²) in [5, 5.41) is 7.49. The van der Waals surface area contributed by atoms with Crippen LogP contribution in [0.2, 0.25) is 0 Å². The van der Waals surface area contributed by atoms with Crippen LogP contribution in [-0.4, -0.2) is 4.57 Å². The zero-order valence-electron chi connectivity index (χ0n) is 38.5. The van der Waals surface area contributed by atoms with Crippen LogP contribution in [0.1, 0.15) is 0 Å². The highest BCUT2D eigenvalue weighted by Crippen LogP contribution is 2.46. The molecule has 0 saturated heterocycles. The minimum Gasteiger partial charge on any atom is -0.310 e. The molecule has 0 bridgehead atoms. The van der Waals surface area contributed by atoms with Crippen LogP contribution in [-0.2, 0) is 0 Å². The van der Waals surface area contributed by atoms with Crippen molar-refractivity contribution in [1.82, 2.24) is 4.57 Å². The second-order valence-electron chi connectivity index (χ2n) is 18.0. The van der Waals surface area contributed by atoms with Gasteiger partial charge in [-0.3, -0.25) is 0 Å². The number of hydrogen-bond donors (Lipinski definition) is 0. The number of hydrogen-bond acceptors (Lipinski definition) is 1. The van der Waals surface area contributed by atoms with E-state index in [1.807, 2.05) is 0 Å². The highest BCUT2D eigenvalue weighted by atomic mass is 15.1. The first-order valence-electron chi connectivity index (χ1n) is 24.1. The van der Waals surface area contributed by atoms with Crippen molar-refractivity contribution in [3.63, 3.8) is 0 Å². The number of rotatable bonds is 9. The lowest BCUT2D eigenvalue weighted by atomic mass is 9.85. The lowest BCUT2D eigenvalue weighted by Gasteiger charge is -2.27. The van der Waals surface area contributed by atoms with Gasteiger partial charge in [-0.05, 0) is 138 Å². The first-order valence-corrected chi connectivity index (χ1v) is 24.1. The van der Waals surface area contributed by atoms with E-state index >= 15 is 0 Å². The van der Waals surface area contributed by atoms with Crippen LogP contribution in [0, 0.1) is 0 Å². The molecule has 0 spiro atoms. The van der Waals surface area contributed by atoms with Crippen LogP contribution in [0.25, 0.3) is 105 Å². The van der Waals surface area contributed by atoms with Gasteiger partial charge in [0.1, 0.15) is 0 Å². The molecule has 1 heterocycles. The molecule has 13 rings (SSSR count). The molecule has 0 aliphatic carbocycles. The molecule has 328 valence electrons. The molecule has 0 N–H and O–H groups in total. The standard InChI is InChI=1S/C68H46N2/c1-4-18-47(19-5-1)48-34-36-49(37-35-48)50-38-42-55(43-39-50)69(57-25-16-22-53(46-57)58-31-17-33-65-68(58)63-30-14-15-32-64(63)70(65)54-23-8-3-9-24-54)56-44-40-52(41-45-56)67-62-29-13-11-27-60(62)59-26-10-12-28-61(59)66(67)51-20-6-2-7-21-51/h1-46H. The molecule has 2 nitrogen and oxygen atoms in total. The smallest absolute Gasteiger partial charge is 0.0547 e. The molecular formula is C68H46N2. The second-order valence-corrected chi connectivity index (χ2v) is 18.0. The third-order valence-corrected chi connectivity index (χ3v) is 14.0. The van der Waals surface area contributed by atoms with E-state index in [0.717, 1.165) is 28.3 Å². The van der Waals surface area contributed by atoms with Crippen molar-refractivity contribution in [3.05, 3.63) is 279 Å². The van der Waals surface area contributed by atoms with Gasteiger partial charge in [0.05, 0.1) is 11.0 Å². The van der Waals surface area contributed by atoms with Gasteiger partial charge in [-0.1, -0.05) is 218 Å². The van der Waals surface area contributed by atoms with Crippen LogP contribution in [0.4, 0.5) is 17.1 Å². The molecule has 0 fully saturated rings. The van der Waals surface area contributed by atoms with E-state index in [1.54, 1.807) is 0 Å². The van der Waals surface area contributed by atoms with Crippen molar-refractivity contribution < 1.29 is 0 Å². The predicted molar refractivity (Wildman–Crippen MR) is 298 cm³/mol. The fraction of sp³-hybridized carbons (Fsp3) is 0.